The number of hydrogen-bond acceptors (Lipinski definition) is 4. The van der Waals surface area contributed by atoms with Crippen LogP contribution in [-0.2, 0) is 4.74 Å². The molecule has 0 heterocycles. The minimum absolute atomic E-state index is 0.0317. The molecule has 0 saturated carbocycles. The SMILES string of the molecule is Cc1cc(N)cc(C(=O)NCCOCCN(C)C)c1F. The minimum Gasteiger partial charge on any atom is -0.399 e. The van der Waals surface area contributed by atoms with E-state index >= 15 is 0 Å². The van der Waals surface area contributed by atoms with Gasteiger partial charge in [-0.3, -0.25) is 4.79 Å². The molecule has 3 N–H and O–H groups in total. The molecule has 0 aliphatic carbocycles. The van der Waals surface area contributed by atoms with Crippen molar-refractivity contribution in [1.82, 2.24) is 10.2 Å². The van der Waals surface area contributed by atoms with Crippen LogP contribution in [0.1, 0.15) is 15.9 Å². The number of nitrogens with one attached hydrogen (secondary N) is 1. The molecule has 0 spiro atoms. The highest BCUT2D eigenvalue weighted by Crippen LogP contribution is 2.16. The fourth-order valence-electron chi connectivity index (χ4n) is 1.64. The Balaban J connectivity index is 2.40. The Labute approximate surface area is 118 Å². The number of nitrogen functional groups attached to an aromatic ring is 1. The van der Waals surface area contributed by atoms with Gasteiger partial charge >= 0.3 is 0 Å². The fraction of sp³-hybridized carbons (Fsp3) is 0.500. The van der Waals surface area contributed by atoms with E-state index in [1.54, 1.807) is 6.92 Å². The number of amides is 1. The standard InChI is InChI=1S/C14H22FN3O2/c1-10-8-11(16)9-12(13(10)15)14(19)17-4-6-20-7-5-18(2)3/h8-9H,4-7,16H2,1-3H3,(H,17,19). The van der Waals surface area contributed by atoms with Gasteiger partial charge in [0.1, 0.15) is 5.82 Å². The van der Waals surface area contributed by atoms with E-state index in [4.69, 9.17) is 10.5 Å². The lowest BCUT2D eigenvalue weighted by Gasteiger charge is -2.11. The largest absolute Gasteiger partial charge is 0.399 e. The lowest BCUT2D eigenvalue weighted by Crippen LogP contribution is -2.29. The number of likely N-dealkylation sites (N-methyl/N-ethyl adjacent to an activating group) is 1. The molecule has 1 rings (SSSR count). The number of anilines is 1. The highest BCUT2D eigenvalue weighted by atomic mass is 19.1. The van der Waals surface area contributed by atoms with Crippen LogP contribution in [0.3, 0.4) is 0 Å². The van der Waals surface area contributed by atoms with Gasteiger partial charge in [0.05, 0.1) is 18.8 Å². The summed E-state index contributed by atoms with van der Waals surface area (Å²) in [5, 5.41) is 2.61. The van der Waals surface area contributed by atoms with Gasteiger partial charge in [-0.2, -0.15) is 0 Å². The summed E-state index contributed by atoms with van der Waals surface area (Å²) in [4.78, 5) is 13.8. The summed E-state index contributed by atoms with van der Waals surface area (Å²) in [6.45, 7) is 3.71. The van der Waals surface area contributed by atoms with Crippen LogP contribution < -0.4 is 11.1 Å². The Hall–Kier alpha value is -1.66. The number of hydrogen-bond donors (Lipinski definition) is 2. The Morgan fingerprint density at radius 2 is 2.10 bits per heavy atom. The van der Waals surface area contributed by atoms with Gasteiger partial charge in [-0.15, -0.1) is 0 Å². The molecular weight excluding hydrogens is 261 g/mol. The molecule has 0 fully saturated rings. The zero-order valence-electron chi connectivity index (χ0n) is 12.2. The van der Waals surface area contributed by atoms with Crippen molar-refractivity contribution in [2.45, 2.75) is 6.92 Å². The second kappa shape index (κ2) is 7.81. The van der Waals surface area contributed by atoms with Gasteiger partial charge in [-0.25, -0.2) is 4.39 Å². The van der Waals surface area contributed by atoms with Crippen molar-refractivity contribution in [2.75, 3.05) is 46.1 Å². The molecule has 1 aromatic carbocycles. The molecule has 0 atom stereocenters. The molecule has 20 heavy (non-hydrogen) atoms. The van der Waals surface area contributed by atoms with Crippen LogP contribution in [-0.4, -0.2) is 51.2 Å². The van der Waals surface area contributed by atoms with Crippen molar-refractivity contribution >= 4 is 11.6 Å². The summed E-state index contributed by atoms with van der Waals surface area (Å²) in [7, 11) is 3.91. The summed E-state index contributed by atoms with van der Waals surface area (Å²) < 4.78 is 19.1. The summed E-state index contributed by atoms with van der Waals surface area (Å²) >= 11 is 0. The molecule has 0 aliphatic heterocycles. The maximum Gasteiger partial charge on any atom is 0.254 e. The predicted octanol–water partition coefficient (Wildman–Crippen LogP) is 1.02. The third-order valence-corrected chi connectivity index (χ3v) is 2.74. The van der Waals surface area contributed by atoms with Crippen molar-refractivity contribution in [1.29, 1.82) is 0 Å². The highest BCUT2D eigenvalue weighted by molar-refractivity contribution is 5.95. The lowest BCUT2D eigenvalue weighted by atomic mass is 10.1. The van der Waals surface area contributed by atoms with Crippen molar-refractivity contribution in [3.8, 4) is 0 Å². The molecule has 0 radical (unpaired) electrons. The third-order valence-electron chi connectivity index (χ3n) is 2.74. The van der Waals surface area contributed by atoms with Gasteiger partial charge in [0.2, 0.25) is 0 Å². The number of carbonyl (C=O) groups excluding carboxylic acids is 1. The highest BCUT2D eigenvalue weighted by Gasteiger charge is 2.14. The number of halogens is 1. The van der Waals surface area contributed by atoms with Crippen LogP contribution in [0, 0.1) is 12.7 Å². The second-order valence-corrected chi connectivity index (χ2v) is 4.87. The predicted molar refractivity (Wildman–Crippen MR) is 77.3 cm³/mol. The first-order valence-corrected chi connectivity index (χ1v) is 6.48. The maximum atomic E-state index is 13.8. The Morgan fingerprint density at radius 1 is 1.40 bits per heavy atom. The average molecular weight is 283 g/mol. The first kappa shape index (κ1) is 16.4. The van der Waals surface area contributed by atoms with Gasteiger partial charge < -0.3 is 20.7 Å². The molecule has 0 aliphatic rings. The molecule has 6 heteroatoms. The minimum atomic E-state index is -0.537. The van der Waals surface area contributed by atoms with Crippen LogP contribution in [0.15, 0.2) is 12.1 Å². The number of benzene rings is 1. The first-order chi connectivity index (χ1) is 9.41. The van der Waals surface area contributed by atoms with Crippen LogP contribution in [0.5, 0.6) is 0 Å². The number of nitrogens with two attached hydrogens (primary N) is 1. The summed E-state index contributed by atoms with van der Waals surface area (Å²) in [5.41, 5.74) is 6.31. The lowest BCUT2D eigenvalue weighted by molar-refractivity contribution is 0.0896. The number of rotatable bonds is 7. The molecule has 1 aromatic rings. The van der Waals surface area contributed by atoms with E-state index in [0.717, 1.165) is 6.54 Å². The van der Waals surface area contributed by atoms with Gasteiger partial charge in [-0.05, 0) is 38.7 Å². The monoisotopic (exact) mass is 283 g/mol. The smallest absolute Gasteiger partial charge is 0.254 e. The summed E-state index contributed by atoms with van der Waals surface area (Å²) in [6.07, 6.45) is 0. The maximum absolute atomic E-state index is 13.8. The van der Waals surface area contributed by atoms with E-state index in [1.807, 2.05) is 19.0 Å². The molecule has 0 unspecified atom stereocenters. The van der Waals surface area contributed by atoms with Crippen molar-refractivity contribution in [2.24, 2.45) is 0 Å². The van der Waals surface area contributed by atoms with Crippen LogP contribution in [0.25, 0.3) is 0 Å². The fourth-order valence-corrected chi connectivity index (χ4v) is 1.64. The first-order valence-electron chi connectivity index (χ1n) is 6.48. The van der Waals surface area contributed by atoms with E-state index < -0.39 is 11.7 Å². The van der Waals surface area contributed by atoms with Crippen molar-refractivity contribution in [3.05, 3.63) is 29.1 Å². The zero-order chi connectivity index (χ0) is 15.1. The number of ether oxygens (including phenoxy) is 1. The van der Waals surface area contributed by atoms with Gasteiger partial charge in [0, 0.05) is 18.8 Å². The van der Waals surface area contributed by atoms with Gasteiger partial charge in [0.25, 0.3) is 5.91 Å². The molecule has 5 nitrogen and oxygen atoms in total. The van der Waals surface area contributed by atoms with Gasteiger partial charge in [0.15, 0.2) is 0 Å². The third kappa shape index (κ3) is 5.14. The Kier molecular flexibility index (Phi) is 6.41. The van der Waals surface area contributed by atoms with Gasteiger partial charge in [-0.1, -0.05) is 0 Å². The molecular formula is C14H22FN3O2. The van der Waals surface area contributed by atoms with Crippen molar-refractivity contribution < 1.29 is 13.9 Å². The van der Waals surface area contributed by atoms with Crippen molar-refractivity contribution in [3.63, 3.8) is 0 Å². The number of carbonyl (C=O) groups is 1. The quantitative estimate of drug-likeness (QED) is 0.579. The Bertz CT molecular complexity index is 464. The van der Waals surface area contributed by atoms with E-state index in [9.17, 15) is 9.18 Å². The van der Waals surface area contributed by atoms with Crippen LogP contribution in [0.4, 0.5) is 10.1 Å². The second-order valence-electron chi connectivity index (χ2n) is 4.87. The van der Waals surface area contributed by atoms with Crippen LogP contribution >= 0.6 is 0 Å². The van der Waals surface area contributed by atoms with E-state index in [2.05, 4.69) is 5.32 Å². The summed E-state index contributed by atoms with van der Waals surface area (Å²) in [5.74, 6) is -1.01. The summed E-state index contributed by atoms with van der Waals surface area (Å²) in [6, 6.07) is 2.83. The topological polar surface area (TPSA) is 67.6 Å². The van der Waals surface area contributed by atoms with E-state index in [1.165, 1.54) is 12.1 Å². The zero-order valence-corrected chi connectivity index (χ0v) is 12.2. The van der Waals surface area contributed by atoms with Crippen LogP contribution in [0.2, 0.25) is 0 Å². The molecule has 1 amide bonds. The average Bonchev–Trinajstić information content (AvgIpc) is 2.37. The Morgan fingerprint density at radius 3 is 2.75 bits per heavy atom. The normalized spacial score (nSPS) is 10.8. The van der Waals surface area contributed by atoms with E-state index in [0.29, 0.717) is 31.0 Å². The molecule has 0 bridgehead atoms. The number of aryl methyl sites for hydroxylation is 1. The number of nitrogens with zero attached hydrogens (tertiary/aromatic N) is 1. The molecule has 112 valence electrons. The molecule has 0 aromatic heterocycles. The van der Waals surface area contributed by atoms with E-state index in [-0.39, 0.29) is 5.56 Å². The molecule has 0 saturated heterocycles.